The van der Waals surface area contributed by atoms with Gasteiger partial charge in [0.05, 0.1) is 0 Å². The van der Waals surface area contributed by atoms with E-state index in [4.69, 9.17) is 0 Å². The van der Waals surface area contributed by atoms with Crippen LogP contribution in [0.25, 0.3) is 0 Å². The summed E-state index contributed by atoms with van der Waals surface area (Å²) in [6, 6.07) is 0. The molecule has 39 heavy (non-hydrogen) atoms. The number of primary sulfonamides is 1. The second-order valence-electron chi connectivity index (χ2n) is 6.85. The molecule has 1 aromatic heterocycles. The summed E-state index contributed by atoms with van der Waals surface area (Å²) in [5.41, 5.74) is 0. The van der Waals surface area contributed by atoms with E-state index in [0.717, 1.165) is 0 Å². The Kier molecular flexibility index (Phi) is 8.10. The smallest absolute Gasteiger partial charge is 0.239 e. The molecule has 0 aliphatic carbocycles. The minimum absolute atomic E-state index is 0.184. The van der Waals surface area contributed by atoms with Crippen molar-refractivity contribution in [2.24, 2.45) is 16.6 Å². The van der Waals surface area contributed by atoms with E-state index in [1.807, 2.05) is 0 Å². The Labute approximate surface area is 206 Å². The van der Waals surface area contributed by atoms with Gasteiger partial charge in [0.1, 0.15) is 0 Å². The van der Waals surface area contributed by atoms with Crippen LogP contribution in [0.3, 0.4) is 0 Å². The maximum Gasteiger partial charge on any atom is 0.460 e. The molecule has 230 valence electrons. The molecule has 1 rings (SSSR count). The molecule has 0 saturated heterocycles. The van der Waals surface area contributed by atoms with Crippen molar-refractivity contribution in [3.05, 3.63) is 4.80 Å². The normalized spacial score (nSPS) is 16.6. The molecular weight excluding hydrogens is 671 g/mol. The number of sulfonamides is 2. The Morgan fingerprint density at radius 3 is 1.31 bits per heavy atom. The average Bonchev–Trinajstić information content (AvgIpc) is 3.06. The number of aromatic nitrogens is 2. The zero-order chi connectivity index (χ0) is 31.9. The van der Waals surface area contributed by atoms with Crippen LogP contribution in [-0.4, -0.2) is 73.6 Å². The van der Waals surface area contributed by atoms with Crippen molar-refractivity contribution >= 4 is 31.4 Å². The van der Waals surface area contributed by atoms with E-state index in [1.165, 1.54) is 0 Å². The molecule has 8 nitrogen and oxygen atoms in total. The molecule has 1 heterocycles. The maximum absolute atomic E-state index is 14.0. The summed E-state index contributed by atoms with van der Waals surface area (Å²) in [7, 11) is -12.4. The van der Waals surface area contributed by atoms with Gasteiger partial charge in [-0.05, 0) is 0 Å². The van der Waals surface area contributed by atoms with Gasteiger partial charge in [-0.1, -0.05) is 11.3 Å². The molecule has 0 aliphatic rings. The van der Waals surface area contributed by atoms with E-state index < -0.39 is 87.5 Å². The number of rotatable bonds is 9. The van der Waals surface area contributed by atoms with Crippen LogP contribution in [0.15, 0.2) is 8.74 Å². The number of halogens is 17. The third-order valence-corrected chi connectivity index (χ3v) is 7.89. The van der Waals surface area contributed by atoms with Crippen LogP contribution < -0.4 is 9.94 Å². The molecule has 0 aromatic carbocycles. The van der Waals surface area contributed by atoms with Gasteiger partial charge in [0, 0.05) is 7.05 Å². The van der Waals surface area contributed by atoms with Gasteiger partial charge in [-0.15, -0.1) is 9.50 Å². The second kappa shape index (κ2) is 9.02. The van der Waals surface area contributed by atoms with Crippen molar-refractivity contribution in [2.75, 3.05) is 0 Å². The summed E-state index contributed by atoms with van der Waals surface area (Å²) in [5, 5.41) is -0.562. The van der Waals surface area contributed by atoms with Crippen molar-refractivity contribution in [3.8, 4) is 0 Å². The van der Waals surface area contributed by atoms with Gasteiger partial charge >= 0.3 is 57.0 Å². The monoisotopic (exact) mass is 676 g/mol. The molecule has 28 heteroatoms. The molecule has 1 aromatic rings. The highest BCUT2D eigenvalue weighted by atomic mass is 32.2. The van der Waals surface area contributed by atoms with E-state index in [2.05, 4.69) is 10.2 Å². The molecule has 0 aliphatic heterocycles. The van der Waals surface area contributed by atoms with Crippen molar-refractivity contribution in [1.82, 2.24) is 9.78 Å². The Morgan fingerprint density at radius 2 is 1.00 bits per heavy atom. The van der Waals surface area contributed by atoms with Crippen LogP contribution in [0.2, 0.25) is 0 Å². The first-order chi connectivity index (χ1) is 16.6. The molecule has 0 radical (unpaired) electrons. The van der Waals surface area contributed by atoms with Crippen LogP contribution >= 0.6 is 11.3 Å². The first-order valence-electron chi connectivity index (χ1n) is 8.18. The molecule has 2 N–H and O–H groups in total. The van der Waals surface area contributed by atoms with Gasteiger partial charge in [0.2, 0.25) is 9.14 Å². The van der Waals surface area contributed by atoms with Crippen molar-refractivity contribution in [2.45, 2.75) is 51.3 Å². The number of aryl methyl sites for hydroxylation is 1. The van der Waals surface area contributed by atoms with Gasteiger partial charge in [-0.2, -0.15) is 83.1 Å². The van der Waals surface area contributed by atoms with Crippen molar-refractivity contribution < 1.29 is 91.5 Å². The molecule has 0 atom stereocenters. The predicted octanol–water partition coefficient (Wildman–Crippen LogP) is 3.33. The van der Waals surface area contributed by atoms with E-state index in [-0.39, 0.29) is 4.68 Å². The quantitative estimate of drug-likeness (QED) is 0.402. The number of nitrogens with two attached hydrogens (primary N) is 1. The zero-order valence-corrected chi connectivity index (χ0v) is 19.7. The Bertz CT molecular complexity index is 1390. The predicted molar refractivity (Wildman–Crippen MR) is 87.6 cm³/mol. The van der Waals surface area contributed by atoms with Crippen molar-refractivity contribution in [3.63, 3.8) is 0 Å². The summed E-state index contributed by atoms with van der Waals surface area (Å²) in [4.78, 5) is -1.79. The standard InChI is InChI=1S/C11H5F17N4O4S3/c1-32-2(37-3(30-32)38(29,33)34)31-39(35,36)11(27,28)9(22,23)7(18,19)5(14,15)4(12,13)6(16,17)8(20,21)10(24,25)26/h1H3,(H2,29,33,34)/b31-2-. The second-order valence-corrected chi connectivity index (χ2v) is 11.2. The Hall–Kier alpha value is -1.97. The van der Waals surface area contributed by atoms with Crippen LogP contribution in [0.1, 0.15) is 0 Å². The van der Waals surface area contributed by atoms with Crippen LogP contribution in [-0.2, 0) is 27.1 Å². The fourth-order valence-corrected chi connectivity index (χ4v) is 4.75. The molecule has 0 spiro atoms. The van der Waals surface area contributed by atoms with Crippen LogP contribution in [0, 0.1) is 0 Å². The molecule has 0 unspecified atom stereocenters. The molecule has 0 saturated carbocycles. The first-order valence-corrected chi connectivity index (χ1v) is 12.0. The van der Waals surface area contributed by atoms with Crippen LogP contribution in [0.5, 0.6) is 0 Å². The highest BCUT2D eigenvalue weighted by Crippen LogP contribution is 2.64. The topological polar surface area (TPSA) is 124 Å². The number of nitrogens with zero attached hydrogens (tertiary/aromatic N) is 3. The molecule has 0 fully saturated rings. The largest absolute Gasteiger partial charge is 0.460 e. The zero-order valence-electron chi connectivity index (χ0n) is 17.2. The molecule has 0 amide bonds. The summed E-state index contributed by atoms with van der Waals surface area (Å²) < 4.78 is 271. The minimum atomic E-state index is -8.99. The number of alkyl halides is 17. The Morgan fingerprint density at radius 1 is 0.667 bits per heavy atom. The molecular formula is C11H5F17N4O4S3. The lowest BCUT2D eigenvalue weighted by Gasteiger charge is -2.42. The van der Waals surface area contributed by atoms with Gasteiger partial charge in [0.15, 0.2) is 0 Å². The highest BCUT2D eigenvalue weighted by Gasteiger charge is 2.96. The highest BCUT2D eigenvalue weighted by molar-refractivity contribution is 7.91. The summed E-state index contributed by atoms with van der Waals surface area (Å²) in [5.74, 6) is -52.5. The third-order valence-electron chi connectivity index (χ3n) is 4.15. The van der Waals surface area contributed by atoms with E-state index in [1.54, 1.807) is 4.40 Å². The minimum Gasteiger partial charge on any atom is -0.239 e. The maximum atomic E-state index is 14.0. The van der Waals surface area contributed by atoms with E-state index >= 15 is 0 Å². The van der Waals surface area contributed by atoms with E-state index in [0.29, 0.717) is 7.05 Å². The van der Waals surface area contributed by atoms with Gasteiger partial charge in [0.25, 0.3) is 10.0 Å². The van der Waals surface area contributed by atoms with Gasteiger partial charge in [-0.3, -0.25) is 0 Å². The number of hydrogen-bond donors (Lipinski definition) is 1. The SMILES string of the molecule is Cn1nc(S(N)(=O)=O)s/c1=N\S(=O)(=O)C(F)(F)C(F)(F)C(F)(F)C(F)(F)C(F)(F)C(F)(F)C(F)(F)C(F)(F)F. The third kappa shape index (κ3) is 4.82. The van der Waals surface area contributed by atoms with Crippen LogP contribution in [0.4, 0.5) is 74.6 Å². The fraction of sp³-hybridized carbons (Fsp3) is 0.818. The van der Waals surface area contributed by atoms with Gasteiger partial charge in [-0.25, -0.2) is 18.2 Å². The lowest BCUT2D eigenvalue weighted by Crippen LogP contribution is -2.74. The Balaban J connectivity index is 3.87. The lowest BCUT2D eigenvalue weighted by molar-refractivity contribution is -0.458. The fourth-order valence-electron chi connectivity index (χ4n) is 1.99. The summed E-state index contributed by atoms with van der Waals surface area (Å²) >= 11 is -0.684. The number of hydrogen-bond acceptors (Lipinski definition) is 6. The summed E-state index contributed by atoms with van der Waals surface area (Å²) in [6.45, 7) is 0. The van der Waals surface area contributed by atoms with Gasteiger partial charge < -0.3 is 0 Å². The lowest BCUT2D eigenvalue weighted by atomic mass is 9.91. The van der Waals surface area contributed by atoms with Crippen molar-refractivity contribution in [1.29, 1.82) is 0 Å². The average molecular weight is 676 g/mol. The molecule has 0 bridgehead atoms. The summed E-state index contributed by atoms with van der Waals surface area (Å²) in [6.07, 6.45) is -7.94. The first kappa shape index (κ1) is 35.1. The van der Waals surface area contributed by atoms with E-state index in [9.17, 15) is 91.5 Å².